The second-order valence-corrected chi connectivity index (χ2v) is 7.91. The fourth-order valence-corrected chi connectivity index (χ4v) is 3.63. The summed E-state index contributed by atoms with van der Waals surface area (Å²) in [5, 5.41) is 0. The predicted octanol–water partition coefficient (Wildman–Crippen LogP) is 5.26. The van der Waals surface area contributed by atoms with Gasteiger partial charge >= 0.3 is 0 Å². The second-order valence-electron chi connectivity index (χ2n) is 7.91. The van der Waals surface area contributed by atoms with Crippen LogP contribution in [0.5, 0.6) is 5.75 Å². The lowest BCUT2D eigenvalue weighted by Gasteiger charge is -2.34. The summed E-state index contributed by atoms with van der Waals surface area (Å²) >= 11 is 0. The third-order valence-corrected chi connectivity index (χ3v) is 4.98. The molecule has 0 saturated carbocycles. The standard InChI is InChI=1S/C22H30FNO/c1-22(2,23)17-24-14-12-18(13-15-24)16-25-21-10-8-20(9-11-21)19-6-4-3-5-7-19/h4,6-11,18H,3,5,12-17H2,1-2H3. The first-order chi connectivity index (χ1) is 12.0. The van der Waals surface area contributed by atoms with Crippen LogP contribution in [-0.4, -0.2) is 36.8 Å². The zero-order valence-electron chi connectivity index (χ0n) is 15.5. The minimum absolute atomic E-state index is 0.534. The van der Waals surface area contributed by atoms with E-state index in [0.29, 0.717) is 12.5 Å². The van der Waals surface area contributed by atoms with Crippen LogP contribution in [0.15, 0.2) is 42.5 Å². The average molecular weight is 343 g/mol. The van der Waals surface area contributed by atoms with Gasteiger partial charge in [0.25, 0.3) is 0 Å². The van der Waals surface area contributed by atoms with E-state index in [0.717, 1.165) is 51.1 Å². The van der Waals surface area contributed by atoms with Gasteiger partial charge in [-0.2, -0.15) is 0 Å². The molecule has 2 aliphatic rings. The molecule has 2 nitrogen and oxygen atoms in total. The average Bonchev–Trinajstić information content (AvgIpc) is 2.61. The first kappa shape index (κ1) is 18.2. The van der Waals surface area contributed by atoms with Crippen molar-refractivity contribution < 1.29 is 9.13 Å². The number of hydrogen-bond donors (Lipinski definition) is 0. The molecule has 1 aromatic carbocycles. The van der Waals surface area contributed by atoms with E-state index in [1.165, 1.54) is 11.1 Å². The normalized spacial score (nSPS) is 19.7. The van der Waals surface area contributed by atoms with Gasteiger partial charge in [0, 0.05) is 6.54 Å². The number of likely N-dealkylation sites (tertiary alicyclic amines) is 1. The van der Waals surface area contributed by atoms with Gasteiger partial charge in [0.15, 0.2) is 0 Å². The Bertz CT molecular complexity index is 604. The minimum atomic E-state index is -1.10. The Morgan fingerprint density at radius 3 is 2.44 bits per heavy atom. The second kappa shape index (κ2) is 8.18. The van der Waals surface area contributed by atoms with Crippen LogP contribution in [0.1, 0.15) is 45.1 Å². The lowest BCUT2D eigenvalue weighted by Crippen LogP contribution is -2.41. The molecule has 1 aliphatic carbocycles. The van der Waals surface area contributed by atoms with E-state index in [4.69, 9.17) is 4.74 Å². The summed E-state index contributed by atoms with van der Waals surface area (Å²) in [4.78, 5) is 2.23. The van der Waals surface area contributed by atoms with Crippen LogP contribution >= 0.6 is 0 Å². The maximum atomic E-state index is 13.7. The molecule has 0 spiro atoms. The number of halogens is 1. The molecular weight excluding hydrogens is 313 g/mol. The highest BCUT2D eigenvalue weighted by atomic mass is 19.1. The Hall–Kier alpha value is -1.61. The predicted molar refractivity (Wildman–Crippen MR) is 103 cm³/mol. The van der Waals surface area contributed by atoms with E-state index >= 15 is 0 Å². The van der Waals surface area contributed by atoms with E-state index < -0.39 is 5.67 Å². The van der Waals surface area contributed by atoms with Gasteiger partial charge in [0.05, 0.1) is 6.61 Å². The van der Waals surface area contributed by atoms with E-state index in [2.05, 4.69) is 47.4 Å². The third kappa shape index (κ3) is 5.71. The molecule has 0 N–H and O–H groups in total. The molecule has 0 unspecified atom stereocenters. The highest BCUT2D eigenvalue weighted by molar-refractivity contribution is 5.74. The van der Waals surface area contributed by atoms with Gasteiger partial charge < -0.3 is 9.64 Å². The van der Waals surface area contributed by atoms with Crippen LogP contribution in [0, 0.1) is 5.92 Å². The van der Waals surface area contributed by atoms with E-state index in [-0.39, 0.29) is 0 Å². The van der Waals surface area contributed by atoms with Crippen LogP contribution in [-0.2, 0) is 0 Å². The molecule has 136 valence electrons. The molecule has 0 atom stereocenters. The van der Waals surface area contributed by atoms with Gasteiger partial charge in [0.1, 0.15) is 11.4 Å². The van der Waals surface area contributed by atoms with Crippen molar-refractivity contribution in [2.75, 3.05) is 26.2 Å². The lowest BCUT2D eigenvalue weighted by molar-refractivity contribution is 0.0836. The van der Waals surface area contributed by atoms with Crippen LogP contribution in [0.4, 0.5) is 4.39 Å². The fourth-order valence-electron chi connectivity index (χ4n) is 3.63. The van der Waals surface area contributed by atoms with E-state index in [9.17, 15) is 4.39 Å². The van der Waals surface area contributed by atoms with Crippen LogP contribution in [0.3, 0.4) is 0 Å². The molecule has 1 heterocycles. The molecule has 0 aromatic heterocycles. The number of nitrogens with zero attached hydrogens (tertiary/aromatic N) is 1. The molecule has 3 heteroatoms. The lowest BCUT2D eigenvalue weighted by atomic mass is 9.96. The van der Waals surface area contributed by atoms with Crippen molar-refractivity contribution in [2.24, 2.45) is 5.92 Å². The summed E-state index contributed by atoms with van der Waals surface area (Å²) in [6.07, 6.45) is 11.2. The molecule has 3 rings (SSSR count). The minimum Gasteiger partial charge on any atom is -0.493 e. The number of benzene rings is 1. The highest BCUT2D eigenvalue weighted by Gasteiger charge is 2.25. The summed E-state index contributed by atoms with van der Waals surface area (Å²) in [7, 11) is 0. The first-order valence-electron chi connectivity index (χ1n) is 9.51. The third-order valence-electron chi connectivity index (χ3n) is 4.98. The zero-order chi connectivity index (χ0) is 17.7. The van der Waals surface area contributed by atoms with Crippen LogP contribution < -0.4 is 4.74 Å². The smallest absolute Gasteiger partial charge is 0.119 e. The highest BCUT2D eigenvalue weighted by Crippen LogP contribution is 2.25. The van der Waals surface area contributed by atoms with E-state index in [1.54, 1.807) is 13.8 Å². The number of allylic oxidation sites excluding steroid dienone is 4. The summed E-state index contributed by atoms with van der Waals surface area (Å²) < 4.78 is 19.7. The van der Waals surface area contributed by atoms with Gasteiger partial charge in [-0.1, -0.05) is 30.4 Å². The van der Waals surface area contributed by atoms with Crippen molar-refractivity contribution in [1.82, 2.24) is 4.90 Å². The number of rotatable bonds is 6. The Balaban J connectivity index is 1.43. The van der Waals surface area contributed by atoms with Gasteiger partial charge in [-0.3, -0.25) is 0 Å². The molecular formula is C22H30FNO. The maximum Gasteiger partial charge on any atom is 0.119 e. The number of hydrogen-bond acceptors (Lipinski definition) is 2. The van der Waals surface area contributed by atoms with Gasteiger partial charge in [0.2, 0.25) is 0 Å². The van der Waals surface area contributed by atoms with Crippen molar-refractivity contribution in [3.8, 4) is 5.75 Å². The summed E-state index contributed by atoms with van der Waals surface area (Å²) in [5.74, 6) is 1.51. The summed E-state index contributed by atoms with van der Waals surface area (Å²) in [5.41, 5.74) is 1.46. The Morgan fingerprint density at radius 2 is 1.84 bits per heavy atom. The molecule has 0 amide bonds. The fraction of sp³-hybridized carbons (Fsp3) is 0.545. The number of alkyl halides is 1. The summed E-state index contributed by atoms with van der Waals surface area (Å²) in [6, 6.07) is 8.42. The number of piperidine rings is 1. The molecule has 1 aliphatic heterocycles. The molecule has 25 heavy (non-hydrogen) atoms. The molecule has 1 aromatic rings. The monoisotopic (exact) mass is 343 g/mol. The quantitative estimate of drug-likeness (QED) is 0.698. The van der Waals surface area contributed by atoms with Crippen molar-refractivity contribution in [3.05, 3.63) is 48.1 Å². The Morgan fingerprint density at radius 1 is 1.12 bits per heavy atom. The van der Waals surface area contributed by atoms with Gasteiger partial charge in [-0.25, -0.2) is 4.39 Å². The number of ether oxygens (including phenoxy) is 1. The molecule has 1 saturated heterocycles. The maximum absolute atomic E-state index is 13.7. The van der Waals surface area contributed by atoms with Crippen molar-refractivity contribution in [1.29, 1.82) is 0 Å². The van der Waals surface area contributed by atoms with Gasteiger partial charge in [-0.15, -0.1) is 0 Å². The Labute approximate surface area is 151 Å². The Kier molecular flexibility index (Phi) is 5.95. The van der Waals surface area contributed by atoms with Gasteiger partial charge in [-0.05, 0) is 81.8 Å². The van der Waals surface area contributed by atoms with E-state index in [1.807, 2.05) is 0 Å². The van der Waals surface area contributed by atoms with Crippen LogP contribution in [0.2, 0.25) is 0 Å². The van der Waals surface area contributed by atoms with Crippen molar-refractivity contribution >= 4 is 5.57 Å². The van der Waals surface area contributed by atoms with Crippen LogP contribution in [0.25, 0.3) is 5.57 Å². The zero-order valence-corrected chi connectivity index (χ0v) is 15.5. The molecule has 0 bridgehead atoms. The topological polar surface area (TPSA) is 12.5 Å². The van der Waals surface area contributed by atoms with Crippen molar-refractivity contribution in [3.63, 3.8) is 0 Å². The molecule has 1 fully saturated rings. The van der Waals surface area contributed by atoms with Crippen molar-refractivity contribution in [2.45, 2.75) is 45.2 Å². The largest absolute Gasteiger partial charge is 0.493 e. The summed E-state index contributed by atoms with van der Waals surface area (Å²) in [6.45, 7) is 6.55. The molecule has 0 radical (unpaired) electrons. The first-order valence-corrected chi connectivity index (χ1v) is 9.51. The SMILES string of the molecule is CC(C)(F)CN1CCC(COc2ccc(C3=CCCC=C3)cc2)CC1.